The Morgan fingerprint density at radius 2 is 1.90 bits per heavy atom. The number of nitrogens with two attached hydrogens (primary N) is 1. The van der Waals surface area contributed by atoms with E-state index in [0.29, 0.717) is 5.88 Å². The van der Waals surface area contributed by atoms with Crippen LogP contribution in [0.15, 0.2) is 36.4 Å². The number of nitrogens with zero attached hydrogens (tertiary/aromatic N) is 3. The number of likely N-dealkylation sites (tertiary alicyclic amines) is 1. The van der Waals surface area contributed by atoms with Crippen LogP contribution < -0.4 is 10.6 Å². The number of hydrogen-bond acceptors (Lipinski definition) is 4. The molecule has 0 aliphatic carbocycles. The molecule has 2 N–H and O–H groups in total. The monoisotopic (exact) mass is 272 g/mol. The van der Waals surface area contributed by atoms with Crippen molar-refractivity contribution in [3.8, 4) is 17.1 Å². The van der Waals surface area contributed by atoms with Gasteiger partial charge in [0.1, 0.15) is 0 Å². The molecule has 0 amide bonds. The first-order chi connectivity index (χ1) is 9.74. The number of nitrogen functional groups attached to an aromatic ring is 1. The summed E-state index contributed by atoms with van der Waals surface area (Å²) in [6, 6.07) is 11.9. The molecule has 2 aromatic rings. The zero-order valence-corrected chi connectivity index (χ0v) is 11.7. The van der Waals surface area contributed by atoms with E-state index in [1.165, 1.54) is 17.6 Å². The van der Waals surface area contributed by atoms with Crippen molar-refractivity contribution in [3.63, 3.8) is 0 Å². The van der Waals surface area contributed by atoms with Crippen LogP contribution in [0.3, 0.4) is 0 Å². The van der Waals surface area contributed by atoms with Gasteiger partial charge >= 0.3 is 0 Å². The van der Waals surface area contributed by atoms with Crippen molar-refractivity contribution in [3.05, 3.63) is 36.4 Å². The Morgan fingerprint density at radius 3 is 2.60 bits per heavy atom. The Labute approximate surface area is 118 Å². The van der Waals surface area contributed by atoms with E-state index >= 15 is 0 Å². The minimum atomic E-state index is 0.0279. The molecule has 5 nitrogen and oxygen atoms in total. The van der Waals surface area contributed by atoms with E-state index in [2.05, 4.69) is 16.9 Å². The first-order valence-electron chi connectivity index (χ1n) is 7.05. The van der Waals surface area contributed by atoms with Crippen LogP contribution in [-0.4, -0.2) is 34.1 Å². The molecule has 1 aromatic carbocycles. The fourth-order valence-electron chi connectivity index (χ4n) is 2.57. The summed E-state index contributed by atoms with van der Waals surface area (Å²) in [5, 5.41) is 4.31. The number of ether oxygens (including phenoxy) is 1. The van der Waals surface area contributed by atoms with E-state index in [1.54, 1.807) is 0 Å². The van der Waals surface area contributed by atoms with Gasteiger partial charge in [-0.3, -0.25) is 4.90 Å². The lowest BCUT2D eigenvalue weighted by Gasteiger charge is -2.23. The third kappa shape index (κ3) is 2.63. The first-order valence-corrected chi connectivity index (χ1v) is 7.05. The Morgan fingerprint density at radius 1 is 1.20 bits per heavy atom. The summed E-state index contributed by atoms with van der Waals surface area (Å²) in [4.78, 5) is 3.63. The highest BCUT2D eigenvalue weighted by molar-refractivity contribution is 5.59. The minimum Gasteiger partial charge on any atom is -0.458 e. The first kappa shape index (κ1) is 13.0. The summed E-state index contributed by atoms with van der Waals surface area (Å²) in [5.41, 5.74) is 1.87. The highest BCUT2D eigenvalue weighted by atomic mass is 16.5. The van der Waals surface area contributed by atoms with Gasteiger partial charge in [0.2, 0.25) is 5.88 Å². The minimum absolute atomic E-state index is 0.0279. The average molecular weight is 272 g/mol. The van der Waals surface area contributed by atoms with Crippen LogP contribution in [0, 0.1) is 0 Å². The lowest BCUT2D eigenvalue weighted by molar-refractivity contribution is 0.0521. The third-order valence-corrected chi connectivity index (χ3v) is 3.72. The van der Waals surface area contributed by atoms with Gasteiger partial charge in [-0.15, -0.1) is 9.89 Å². The Kier molecular flexibility index (Phi) is 3.60. The van der Waals surface area contributed by atoms with Crippen molar-refractivity contribution in [2.75, 3.05) is 18.9 Å². The molecule has 0 saturated carbocycles. The largest absolute Gasteiger partial charge is 0.458 e. The molecule has 1 unspecified atom stereocenters. The second-order valence-corrected chi connectivity index (χ2v) is 5.14. The van der Waals surface area contributed by atoms with Crippen molar-refractivity contribution in [2.24, 2.45) is 0 Å². The summed E-state index contributed by atoms with van der Waals surface area (Å²) in [7, 11) is 0. The highest BCUT2D eigenvalue weighted by Crippen LogP contribution is 2.23. The predicted octanol–water partition coefficient (Wildman–Crippen LogP) is 2.08. The number of rotatable bonds is 4. The zero-order chi connectivity index (χ0) is 13.9. The molecule has 1 fully saturated rings. The van der Waals surface area contributed by atoms with Crippen molar-refractivity contribution in [1.82, 2.24) is 14.8 Å². The molecule has 106 valence electrons. The van der Waals surface area contributed by atoms with E-state index in [9.17, 15) is 0 Å². The molecule has 1 saturated heterocycles. The maximum Gasteiger partial charge on any atom is 0.234 e. The summed E-state index contributed by atoms with van der Waals surface area (Å²) in [6.45, 7) is 4.23. The van der Waals surface area contributed by atoms with Gasteiger partial charge in [-0.1, -0.05) is 30.3 Å². The average Bonchev–Trinajstić information content (AvgIpc) is 3.10. The maximum atomic E-state index is 5.93. The Balaban J connectivity index is 1.75. The molecular weight excluding hydrogens is 252 g/mol. The molecule has 1 atom stereocenters. The normalized spacial score (nSPS) is 17.2. The van der Waals surface area contributed by atoms with Gasteiger partial charge < -0.3 is 10.6 Å². The van der Waals surface area contributed by atoms with E-state index in [4.69, 9.17) is 10.6 Å². The van der Waals surface area contributed by atoms with Crippen LogP contribution >= 0.6 is 0 Å². The molecule has 1 aliphatic heterocycles. The summed E-state index contributed by atoms with van der Waals surface area (Å²) < 4.78 is 5.93. The van der Waals surface area contributed by atoms with Crippen LogP contribution in [0.25, 0.3) is 11.3 Å². The van der Waals surface area contributed by atoms with Crippen molar-refractivity contribution < 1.29 is 4.74 Å². The molecule has 1 aliphatic rings. The summed E-state index contributed by atoms with van der Waals surface area (Å²) >= 11 is 0. The van der Waals surface area contributed by atoms with Crippen LogP contribution in [-0.2, 0) is 0 Å². The summed E-state index contributed by atoms with van der Waals surface area (Å²) in [6.07, 6.45) is 2.51. The van der Waals surface area contributed by atoms with E-state index in [-0.39, 0.29) is 6.23 Å². The number of hydrogen-bond donors (Lipinski definition) is 1. The third-order valence-electron chi connectivity index (χ3n) is 3.72. The highest BCUT2D eigenvalue weighted by Gasteiger charge is 2.21. The molecule has 0 bridgehead atoms. The fourth-order valence-corrected chi connectivity index (χ4v) is 2.57. The van der Waals surface area contributed by atoms with Gasteiger partial charge in [-0.05, 0) is 19.8 Å². The van der Waals surface area contributed by atoms with Gasteiger partial charge in [-0.2, -0.15) is 0 Å². The lowest BCUT2D eigenvalue weighted by Crippen LogP contribution is -2.35. The topological polar surface area (TPSA) is 56.3 Å². The number of benzene rings is 1. The van der Waals surface area contributed by atoms with Crippen LogP contribution in [0.1, 0.15) is 19.8 Å². The number of aromatic nitrogens is 2. The molecule has 0 spiro atoms. The van der Waals surface area contributed by atoms with Crippen molar-refractivity contribution >= 4 is 0 Å². The lowest BCUT2D eigenvalue weighted by atomic mass is 10.2. The quantitative estimate of drug-likeness (QED) is 0.866. The van der Waals surface area contributed by atoms with Crippen molar-refractivity contribution in [2.45, 2.75) is 26.0 Å². The van der Waals surface area contributed by atoms with Crippen molar-refractivity contribution in [1.29, 1.82) is 0 Å². The second-order valence-electron chi connectivity index (χ2n) is 5.14. The molecule has 1 aromatic heterocycles. The molecule has 2 heterocycles. The van der Waals surface area contributed by atoms with E-state index in [1.807, 2.05) is 36.4 Å². The van der Waals surface area contributed by atoms with Gasteiger partial charge in [0.05, 0.1) is 5.69 Å². The molecule has 20 heavy (non-hydrogen) atoms. The van der Waals surface area contributed by atoms with Gasteiger partial charge in [0.15, 0.2) is 6.23 Å². The SMILES string of the molecule is CC(Oc1cc(-c2ccccc2)nn1N)N1CCCC1. The van der Waals surface area contributed by atoms with Crippen LogP contribution in [0.2, 0.25) is 0 Å². The molecular formula is C15H20N4O. The van der Waals surface area contributed by atoms with Gasteiger partial charge in [-0.25, -0.2) is 0 Å². The molecule has 0 radical (unpaired) electrons. The standard InChI is InChI=1S/C15H20N4O/c1-12(18-9-5-6-10-18)20-15-11-14(17-19(15)16)13-7-3-2-4-8-13/h2-4,7-8,11-12H,5-6,9-10,16H2,1H3. The van der Waals surface area contributed by atoms with Gasteiger partial charge in [0.25, 0.3) is 0 Å². The Hall–Kier alpha value is -2.01. The zero-order valence-electron chi connectivity index (χ0n) is 11.7. The fraction of sp³-hybridized carbons (Fsp3) is 0.400. The van der Waals surface area contributed by atoms with Crippen LogP contribution in [0.4, 0.5) is 0 Å². The smallest absolute Gasteiger partial charge is 0.234 e. The summed E-state index contributed by atoms with van der Waals surface area (Å²) in [5.74, 6) is 6.49. The van der Waals surface area contributed by atoms with Gasteiger partial charge in [0, 0.05) is 24.7 Å². The van der Waals surface area contributed by atoms with Crippen LogP contribution in [0.5, 0.6) is 5.88 Å². The maximum absolute atomic E-state index is 5.93. The Bertz CT molecular complexity index is 561. The molecule has 3 rings (SSSR count). The van der Waals surface area contributed by atoms with E-state index < -0.39 is 0 Å². The van der Waals surface area contributed by atoms with E-state index in [0.717, 1.165) is 24.3 Å². The molecule has 5 heteroatoms. The predicted molar refractivity (Wildman–Crippen MR) is 78.7 cm³/mol. The second kappa shape index (κ2) is 5.54.